The van der Waals surface area contributed by atoms with Crippen LogP contribution in [0.3, 0.4) is 0 Å². The number of amides is 1. The highest BCUT2D eigenvalue weighted by Crippen LogP contribution is 2.40. The molecular weight excluding hydrogens is 340 g/mol. The highest BCUT2D eigenvalue weighted by atomic mass is 16.5. The maximum absolute atomic E-state index is 12.7. The van der Waals surface area contributed by atoms with Gasteiger partial charge in [-0.25, -0.2) is 0 Å². The largest absolute Gasteiger partial charge is 0.496 e. The monoisotopic (exact) mass is 368 g/mol. The molecule has 1 atom stereocenters. The van der Waals surface area contributed by atoms with Gasteiger partial charge in [-0.2, -0.15) is 5.10 Å². The van der Waals surface area contributed by atoms with Crippen LogP contribution in [0.15, 0.2) is 36.7 Å². The van der Waals surface area contributed by atoms with E-state index in [9.17, 15) is 4.79 Å². The van der Waals surface area contributed by atoms with Crippen molar-refractivity contribution < 1.29 is 9.53 Å². The van der Waals surface area contributed by atoms with Crippen LogP contribution >= 0.6 is 0 Å². The summed E-state index contributed by atoms with van der Waals surface area (Å²) in [5, 5.41) is 4.30. The van der Waals surface area contributed by atoms with E-state index in [2.05, 4.69) is 22.1 Å². The fraction of sp³-hybridized carbons (Fsp3) is 0.524. The number of ether oxygens (including phenoxy) is 1. The van der Waals surface area contributed by atoms with Crippen LogP contribution in [-0.4, -0.2) is 59.3 Å². The molecular formula is C21H28N4O2. The van der Waals surface area contributed by atoms with Gasteiger partial charge in [0.05, 0.1) is 19.1 Å². The first-order chi connectivity index (χ1) is 13.1. The van der Waals surface area contributed by atoms with E-state index in [4.69, 9.17) is 4.74 Å². The molecule has 1 unspecified atom stereocenters. The molecule has 1 aromatic carbocycles. The van der Waals surface area contributed by atoms with Crippen molar-refractivity contribution in [2.24, 2.45) is 5.41 Å². The number of carbonyl (C=O) groups is 1. The summed E-state index contributed by atoms with van der Waals surface area (Å²) in [7, 11) is 3.65. The number of benzene rings is 1. The number of likely N-dealkylation sites (tertiary alicyclic amines) is 2. The van der Waals surface area contributed by atoms with Crippen molar-refractivity contribution in [3.63, 3.8) is 0 Å². The standard InChI is InChI=1S/C21H28N4O2/c1-23-10-3-7-21(20(23)26)8-12-24(16-21)14-17-5-6-19(27-2)18(13-17)15-25-11-4-9-22-25/h4-6,9,11,13H,3,7-8,10,12,14-16H2,1-2H3. The van der Waals surface area contributed by atoms with Crippen LogP contribution in [0.1, 0.15) is 30.4 Å². The molecule has 27 heavy (non-hydrogen) atoms. The van der Waals surface area contributed by atoms with Crippen LogP contribution in [0.4, 0.5) is 0 Å². The Labute approximate surface area is 160 Å². The molecule has 4 rings (SSSR count). The van der Waals surface area contributed by atoms with Crippen LogP contribution in [-0.2, 0) is 17.9 Å². The Morgan fingerprint density at radius 2 is 2.11 bits per heavy atom. The lowest BCUT2D eigenvalue weighted by molar-refractivity contribution is -0.143. The molecule has 3 heterocycles. The summed E-state index contributed by atoms with van der Waals surface area (Å²) < 4.78 is 7.44. The molecule has 1 spiro atoms. The predicted molar refractivity (Wildman–Crippen MR) is 104 cm³/mol. The number of hydrogen-bond acceptors (Lipinski definition) is 4. The first-order valence-electron chi connectivity index (χ1n) is 9.71. The average Bonchev–Trinajstić information content (AvgIpc) is 3.31. The van der Waals surface area contributed by atoms with Gasteiger partial charge < -0.3 is 9.64 Å². The molecule has 6 heteroatoms. The van der Waals surface area contributed by atoms with Gasteiger partial charge in [0.15, 0.2) is 0 Å². The number of carbonyl (C=O) groups excluding carboxylic acids is 1. The van der Waals surface area contributed by atoms with Gasteiger partial charge in [0.1, 0.15) is 5.75 Å². The lowest BCUT2D eigenvalue weighted by Gasteiger charge is -2.37. The molecule has 2 saturated heterocycles. The lowest BCUT2D eigenvalue weighted by Crippen LogP contribution is -2.48. The SMILES string of the molecule is COc1ccc(CN2CCC3(CCCN(C)C3=O)C2)cc1Cn1cccn1. The predicted octanol–water partition coefficient (Wildman–Crippen LogP) is 2.38. The van der Waals surface area contributed by atoms with Gasteiger partial charge in [0.25, 0.3) is 0 Å². The first kappa shape index (κ1) is 18.0. The van der Waals surface area contributed by atoms with Crippen molar-refractivity contribution in [1.29, 1.82) is 0 Å². The van der Waals surface area contributed by atoms with E-state index in [1.54, 1.807) is 13.3 Å². The molecule has 0 bridgehead atoms. The second kappa shape index (κ2) is 7.35. The molecule has 1 amide bonds. The highest BCUT2D eigenvalue weighted by molar-refractivity contribution is 5.83. The van der Waals surface area contributed by atoms with Crippen LogP contribution in [0.25, 0.3) is 0 Å². The second-order valence-electron chi connectivity index (χ2n) is 7.92. The molecule has 2 aromatic rings. The first-order valence-corrected chi connectivity index (χ1v) is 9.71. The highest BCUT2D eigenvalue weighted by Gasteiger charge is 2.47. The van der Waals surface area contributed by atoms with Gasteiger partial charge >= 0.3 is 0 Å². The third-order valence-corrected chi connectivity index (χ3v) is 6.02. The topological polar surface area (TPSA) is 50.6 Å². The van der Waals surface area contributed by atoms with Crippen LogP contribution < -0.4 is 4.74 Å². The summed E-state index contributed by atoms with van der Waals surface area (Å²) in [4.78, 5) is 17.1. The van der Waals surface area contributed by atoms with Crippen LogP contribution in [0.5, 0.6) is 5.75 Å². The van der Waals surface area contributed by atoms with Gasteiger partial charge in [-0.3, -0.25) is 14.4 Å². The maximum Gasteiger partial charge on any atom is 0.229 e. The van der Waals surface area contributed by atoms with E-state index >= 15 is 0 Å². The summed E-state index contributed by atoms with van der Waals surface area (Å²) >= 11 is 0. The van der Waals surface area contributed by atoms with Crippen molar-refractivity contribution in [2.45, 2.75) is 32.4 Å². The summed E-state index contributed by atoms with van der Waals surface area (Å²) in [6, 6.07) is 8.31. The van der Waals surface area contributed by atoms with E-state index in [-0.39, 0.29) is 5.41 Å². The molecule has 144 valence electrons. The summed E-state index contributed by atoms with van der Waals surface area (Å²) in [5.74, 6) is 1.22. The van der Waals surface area contributed by atoms with Crippen molar-refractivity contribution in [2.75, 3.05) is 33.8 Å². The molecule has 2 aliphatic rings. The summed E-state index contributed by atoms with van der Waals surface area (Å²) in [5.41, 5.74) is 2.23. The van der Waals surface area contributed by atoms with E-state index in [0.29, 0.717) is 12.5 Å². The lowest BCUT2D eigenvalue weighted by atomic mass is 9.78. The molecule has 2 aliphatic heterocycles. The quantitative estimate of drug-likeness (QED) is 0.813. The van der Waals surface area contributed by atoms with Crippen molar-refractivity contribution in [1.82, 2.24) is 19.6 Å². The summed E-state index contributed by atoms with van der Waals surface area (Å²) in [6.07, 6.45) is 6.87. The zero-order valence-electron chi connectivity index (χ0n) is 16.2. The normalized spacial score (nSPS) is 23.3. The molecule has 0 radical (unpaired) electrons. The minimum absolute atomic E-state index is 0.155. The molecule has 2 fully saturated rings. The van der Waals surface area contributed by atoms with Crippen LogP contribution in [0, 0.1) is 5.41 Å². The molecule has 0 N–H and O–H groups in total. The Balaban J connectivity index is 1.47. The molecule has 0 saturated carbocycles. The zero-order valence-corrected chi connectivity index (χ0v) is 16.2. The third kappa shape index (κ3) is 3.58. The second-order valence-corrected chi connectivity index (χ2v) is 7.92. The van der Waals surface area contributed by atoms with E-state index < -0.39 is 0 Å². The fourth-order valence-corrected chi connectivity index (χ4v) is 4.62. The zero-order chi connectivity index (χ0) is 18.9. The number of piperidine rings is 1. The van der Waals surface area contributed by atoms with Crippen molar-refractivity contribution in [3.05, 3.63) is 47.8 Å². The Bertz CT molecular complexity index is 805. The number of aromatic nitrogens is 2. The number of methoxy groups -OCH3 is 1. The number of rotatable bonds is 5. The minimum Gasteiger partial charge on any atom is -0.496 e. The Morgan fingerprint density at radius 3 is 2.89 bits per heavy atom. The Morgan fingerprint density at radius 1 is 1.22 bits per heavy atom. The smallest absolute Gasteiger partial charge is 0.229 e. The van der Waals surface area contributed by atoms with E-state index in [0.717, 1.165) is 56.8 Å². The average molecular weight is 368 g/mol. The van der Waals surface area contributed by atoms with E-state index in [1.165, 1.54) is 5.56 Å². The van der Waals surface area contributed by atoms with Gasteiger partial charge in [-0.1, -0.05) is 6.07 Å². The molecule has 0 aliphatic carbocycles. The van der Waals surface area contributed by atoms with Crippen molar-refractivity contribution >= 4 is 5.91 Å². The summed E-state index contributed by atoms with van der Waals surface area (Å²) in [6.45, 7) is 4.32. The number of nitrogens with zero attached hydrogens (tertiary/aromatic N) is 4. The van der Waals surface area contributed by atoms with Gasteiger partial charge in [-0.05, 0) is 49.6 Å². The Kier molecular flexibility index (Phi) is 4.91. The molecule has 1 aromatic heterocycles. The van der Waals surface area contributed by atoms with Crippen LogP contribution in [0.2, 0.25) is 0 Å². The Hall–Kier alpha value is -2.34. The fourth-order valence-electron chi connectivity index (χ4n) is 4.62. The molecule has 6 nitrogen and oxygen atoms in total. The van der Waals surface area contributed by atoms with Crippen molar-refractivity contribution in [3.8, 4) is 5.75 Å². The van der Waals surface area contributed by atoms with Gasteiger partial charge in [0.2, 0.25) is 5.91 Å². The number of hydrogen-bond donors (Lipinski definition) is 0. The minimum atomic E-state index is -0.155. The third-order valence-electron chi connectivity index (χ3n) is 6.02. The maximum atomic E-state index is 12.7. The van der Waals surface area contributed by atoms with Gasteiger partial charge in [0, 0.05) is 44.6 Å². The van der Waals surface area contributed by atoms with E-state index in [1.807, 2.05) is 35.0 Å². The van der Waals surface area contributed by atoms with Gasteiger partial charge in [-0.15, -0.1) is 0 Å².